The predicted octanol–water partition coefficient (Wildman–Crippen LogP) is 3.68. The number of fused-ring (bicyclic) bond motifs is 1. The summed E-state index contributed by atoms with van der Waals surface area (Å²) in [5, 5.41) is 7.41. The SMILES string of the molecule is O=C(NCCNS(=O)(=O)c1ccc2ccccc2c1)c1ccc(NC(=O)C2CCCC2)cc1. The van der Waals surface area contributed by atoms with Gasteiger partial charge in [0.05, 0.1) is 4.90 Å². The third-order valence-electron chi connectivity index (χ3n) is 5.87. The van der Waals surface area contributed by atoms with Gasteiger partial charge in [-0.25, -0.2) is 13.1 Å². The van der Waals surface area contributed by atoms with Crippen molar-refractivity contribution in [3.05, 3.63) is 72.3 Å². The van der Waals surface area contributed by atoms with Gasteiger partial charge in [0, 0.05) is 30.3 Å². The zero-order valence-corrected chi connectivity index (χ0v) is 19.0. The molecular formula is C25H27N3O4S. The van der Waals surface area contributed by atoms with E-state index >= 15 is 0 Å². The van der Waals surface area contributed by atoms with Crippen LogP contribution in [0.2, 0.25) is 0 Å². The lowest BCUT2D eigenvalue weighted by Crippen LogP contribution is -2.34. The van der Waals surface area contributed by atoms with E-state index in [-0.39, 0.29) is 35.7 Å². The highest BCUT2D eigenvalue weighted by Crippen LogP contribution is 2.26. The topological polar surface area (TPSA) is 104 Å². The highest BCUT2D eigenvalue weighted by atomic mass is 32.2. The zero-order chi connectivity index (χ0) is 23.3. The molecule has 0 bridgehead atoms. The molecule has 172 valence electrons. The summed E-state index contributed by atoms with van der Waals surface area (Å²) in [5.41, 5.74) is 1.10. The molecule has 1 fully saturated rings. The lowest BCUT2D eigenvalue weighted by molar-refractivity contribution is -0.119. The summed E-state index contributed by atoms with van der Waals surface area (Å²) in [4.78, 5) is 24.7. The van der Waals surface area contributed by atoms with E-state index in [1.807, 2.05) is 24.3 Å². The van der Waals surface area contributed by atoms with Gasteiger partial charge in [-0.05, 0) is 60.0 Å². The molecule has 0 saturated heterocycles. The van der Waals surface area contributed by atoms with Crippen molar-refractivity contribution in [2.24, 2.45) is 5.92 Å². The van der Waals surface area contributed by atoms with Crippen LogP contribution in [0.5, 0.6) is 0 Å². The maximum absolute atomic E-state index is 12.6. The molecule has 4 rings (SSSR count). The van der Waals surface area contributed by atoms with Crippen LogP contribution in [-0.4, -0.2) is 33.3 Å². The molecule has 0 spiro atoms. The van der Waals surface area contributed by atoms with E-state index in [0.717, 1.165) is 36.5 Å². The zero-order valence-electron chi connectivity index (χ0n) is 18.2. The third kappa shape index (κ3) is 5.77. The second kappa shape index (κ2) is 10.1. The number of hydrogen-bond donors (Lipinski definition) is 3. The second-order valence-corrected chi connectivity index (χ2v) is 9.98. The fourth-order valence-electron chi connectivity index (χ4n) is 4.02. The van der Waals surface area contributed by atoms with Crippen LogP contribution in [0.3, 0.4) is 0 Å². The Kier molecular flexibility index (Phi) is 7.05. The Morgan fingerprint density at radius 1 is 0.848 bits per heavy atom. The minimum Gasteiger partial charge on any atom is -0.351 e. The fraction of sp³-hybridized carbons (Fsp3) is 0.280. The molecule has 0 aliphatic heterocycles. The van der Waals surface area contributed by atoms with Crippen LogP contribution < -0.4 is 15.4 Å². The van der Waals surface area contributed by atoms with E-state index in [1.54, 1.807) is 42.5 Å². The molecule has 0 aromatic heterocycles. The van der Waals surface area contributed by atoms with E-state index in [2.05, 4.69) is 15.4 Å². The summed E-state index contributed by atoms with van der Waals surface area (Å²) in [6.45, 7) is 0.211. The van der Waals surface area contributed by atoms with E-state index in [9.17, 15) is 18.0 Å². The maximum atomic E-state index is 12.6. The molecule has 3 aromatic rings. The first kappa shape index (κ1) is 22.9. The van der Waals surface area contributed by atoms with Gasteiger partial charge >= 0.3 is 0 Å². The Balaban J connectivity index is 1.25. The Morgan fingerprint density at radius 2 is 1.55 bits per heavy atom. The summed E-state index contributed by atoms with van der Waals surface area (Å²) in [5.74, 6) is -0.205. The van der Waals surface area contributed by atoms with Crippen molar-refractivity contribution >= 4 is 38.3 Å². The van der Waals surface area contributed by atoms with Crippen molar-refractivity contribution in [1.29, 1.82) is 0 Å². The minimum absolute atomic E-state index is 0.0309. The quantitative estimate of drug-likeness (QED) is 0.442. The molecule has 7 nitrogen and oxygen atoms in total. The predicted molar refractivity (Wildman–Crippen MR) is 128 cm³/mol. The first-order valence-electron chi connectivity index (χ1n) is 11.1. The molecular weight excluding hydrogens is 438 g/mol. The largest absolute Gasteiger partial charge is 0.351 e. The summed E-state index contributed by atoms with van der Waals surface area (Å²) >= 11 is 0. The van der Waals surface area contributed by atoms with E-state index in [1.165, 1.54) is 0 Å². The number of anilines is 1. The average molecular weight is 466 g/mol. The van der Waals surface area contributed by atoms with Gasteiger partial charge in [0.2, 0.25) is 15.9 Å². The van der Waals surface area contributed by atoms with Crippen LogP contribution >= 0.6 is 0 Å². The van der Waals surface area contributed by atoms with Crippen LogP contribution in [0.4, 0.5) is 5.69 Å². The maximum Gasteiger partial charge on any atom is 0.251 e. The molecule has 1 saturated carbocycles. The lowest BCUT2D eigenvalue weighted by Gasteiger charge is -2.11. The smallest absolute Gasteiger partial charge is 0.251 e. The van der Waals surface area contributed by atoms with E-state index in [4.69, 9.17) is 0 Å². The number of nitrogens with one attached hydrogen (secondary N) is 3. The van der Waals surface area contributed by atoms with Crippen LogP contribution in [0.25, 0.3) is 10.8 Å². The van der Waals surface area contributed by atoms with Gasteiger partial charge in [-0.1, -0.05) is 43.2 Å². The number of sulfonamides is 1. The normalized spacial score (nSPS) is 14.3. The van der Waals surface area contributed by atoms with Gasteiger partial charge in [0.25, 0.3) is 5.91 Å². The standard InChI is InChI=1S/C25H27N3O4S/c29-24(20-9-12-22(13-10-20)28-25(30)19-6-2-3-7-19)26-15-16-27-33(31,32)23-14-11-18-5-1-4-8-21(18)17-23/h1,4-5,8-14,17,19,27H,2-3,6-7,15-16H2,(H,26,29)(H,28,30). The molecule has 0 radical (unpaired) electrons. The first-order chi connectivity index (χ1) is 15.9. The molecule has 2 amide bonds. The van der Waals surface area contributed by atoms with Gasteiger partial charge < -0.3 is 10.6 Å². The van der Waals surface area contributed by atoms with Gasteiger partial charge in [-0.15, -0.1) is 0 Å². The van der Waals surface area contributed by atoms with Crippen molar-refractivity contribution in [2.45, 2.75) is 30.6 Å². The Bertz CT molecular complexity index is 1250. The minimum atomic E-state index is -3.68. The Labute approximate surface area is 193 Å². The molecule has 8 heteroatoms. The highest BCUT2D eigenvalue weighted by Gasteiger charge is 2.22. The van der Waals surface area contributed by atoms with Crippen LogP contribution in [-0.2, 0) is 14.8 Å². The van der Waals surface area contributed by atoms with Gasteiger partial charge in [0.1, 0.15) is 0 Å². The van der Waals surface area contributed by atoms with Crippen LogP contribution in [0.1, 0.15) is 36.0 Å². The number of benzene rings is 3. The van der Waals surface area contributed by atoms with Crippen LogP contribution in [0.15, 0.2) is 71.6 Å². The molecule has 1 aliphatic carbocycles. The highest BCUT2D eigenvalue weighted by molar-refractivity contribution is 7.89. The lowest BCUT2D eigenvalue weighted by atomic mass is 10.1. The first-order valence-corrected chi connectivity index (χ1v) is 12.6. The molecule has 3 aromatic carbocycles. The Morgan fingerprint density at radius 3 is 2.27 bits per heavy atom. The van der Waals surface area contributed by atoms with Gasteiger partial charge in [-0.2, -0.15) is 0 Å². The molecule has 0 unspecified atom stereocenters. The summed E-state index contributed by atoms with van der Waals surface area (Å²) in [7, 11) is -3.68. The molecule has 1 aliphatic rings. The van der Waals surface area contributed by atoms with Crippen molar-refractivity contribution in [3.8, 4) is 0 Å². The number of hydrogen-bond acceptors (Lipinski definition) is 4. The second-order valence-electron chi connectivity index (χ2n) is 8.21. The van der Waals surface area contributed by atoms with Gasteiger partial charge in [-0.3, -0.25) is 9.59 Å². The number of carbonyl (C=O) groups excluding carboxylic acids is 2. The number of rotatable bonds is 8. The summed E-state index contributed by atoms with van der Waals surface area (Å²) in [6.07, 6.45) is 4.04. The summed E-state index contributed by atoms with van der Waals surface area (Å²) in [6, 6.07) is 19.2. The van der Waals surface area contributed by atoms with Crippen molar-refractivity contribution in [3.63, 3.8) is 0 Å². The average Bonchev–Trinajstić information content (AvgIpc) is 3.37. The molecule has 3 N–H and O–H groups in total. The Hall–Kier alpha value is -3.23. The molecule has 0 heterocycles. The van der Waals surface area contributed by atoms with Crippen molar-refractivity contribution in [2.75, 3.05) is 18.4 Å². The monoisotopic (exact) mass is 465 g/mol. The fourth-order valence-corrected chi connectivity index (χ4v) is 5.09. The van der Waals surface area contributed by atoms with E-state index in [0.29, 0.717) is 11.3 Å². The number of amides is 2. The van der Waals surface area contributed by atoms with Crippen molar-refractivity contribution < 1.29 is 18.0 Å². The number of carbonyl (C=O) groups is 2. The van der Waals surface area contributed by atoms with Crippen molar-refractivity contribution in [1.82, 2.24) is 10.0 Å². The molecule has 0 atom stereocenters. The third-order valence-corrected chi connectivity index (χ3v) is 7.33. The van der Waals surface area contributed by atoms with E-state index < -0.39 is 10.0 Å². The van der Waals surface area contributed by atoms with Gasteiger partial charge in [0.15, 0.2) is 0 Å². The summed E-state index contributed by atoms with van der Waals surface area (Å²) < 4.78 is 27.6. The van der Waals surface area contributed by atoms with Crippen LogP contribution in [0, 0.1) is 5.92 Å². The molecule has 33 heavy (non-hydrogen) atoms.